The second-order valence-corrected chi connectivity index (χ2v) is 16.6. The predicted molar refractivity (Wildman–Crippen MR) is 266 cm³/mol. The van der Waals surface area contributed by atoms with Gasteiger partial charge in [0.05, 0.1) is 0 Å². The summed E-state index contributed by atoms with van der Waals surface area (Å²) < 4.78 is 0. The van der Waals surface area contributed by atoms with Crippen LogP contribution in [0.25, 0.3) is 132 Å². The summed E-state index contributed by atoms with van der Waals surface area (Å²) in [6.07, 6.45) is 3.68. The van der Waals surface area contributed by atoms with E-state index in [1.807, 2.05) is 30.5 Å². The molecule has 0 amide bonds. The number of nitrogens with zero attached hydrogens (tertiary/aromatic N) is 4. The molecule has 0 saturated carbocycles. The number of benzene rings is 10. The van der Waals surface area contributed by atoms with Crippen molar-refractivity contribution in [2.45, 2.75) is 0 Å². The summed E-state index contributed by atoms with van der Waals surface area (Å²) in [7, 11) is 0. The Labute approximate surface area is 369 Å². The molecule has 64 heavy (non-hydrogen) atoms. The molecular formula is C60H36N4. The molecule has 0 aliphatic rings. The lowest BCUT2D eigenvalue weighted by molar-refractivity contribution is 1.07. The highest BCUT2D eigenvalue weighted by Gasteiger charge is 2.20. The van der Waals surface area contributed by atoms with Gasteiger partial charge < -0.3 is 0 Å². The van der Waals surface area contributed by atoms with Crippen LogP contribution in [0.2, 0.25) is 0 Å². The van der Waals surface area contributed by atoms with Crippen LogP contribution in [0.4, 0.5) is 0 Å². The molecule has 0 spiro atoms. The van der Waals surface area contributed by atoms with Gasteiger partial charge in [-0.2, -0.15) is 0 Å². The fraction of sp³-hybridized carbons (Fsp3) is 0. The lowest BCUT2D eigenvalue weighted by Gasteiger charge is -2.18. The Morgan fingerprint density at radius 1 is 0.250 bits per heavy atom. The second-order valence-electron chi connectivity index (χ2n) is 16.6. The van der Waals surface area contributed by atoms with Gasteiger partial charge in [-0.25, -0.2) is 15.0 Å². The van der Waals surface area contributed by atoms with Crippen LogP contribution < -0.4 is 0 Å². The number of aromatic nitrogens is 4. The van der Waals surface area contributed by atoms with Crippen molar-refractivity contribution >= 4 is 64.6 Å². The smallest absolute Gasteiger partial charge is 0.164 e. The number of rotatable bonds is 6. The third-order valence-corrected chi connectivity index (χ3v) is 12.9. The van der Waals surface area contributed by atoms with Crippen LogP contribution in [0.1, 0.15) is 0 Å². The SMILES string of the molecule is c1ccc(-c2nc(-c3cccc(-c4cccnc4)c3)nc(-c3ccccc3-c3ccccc3-c3cc4ccc5cccc6c7cccc8ccc9cccc(c(c3)c4c56)c9c87)n2)cc1. The van der Waals surface area contributed by atoms with Crippen LogP contribution in [-0.4, -0.2) is 19.9 Å². The Hall–Kier alpha value is -8.60. The van der Waals surface area contributed by atoms with Gasteiger partial charge in [0.2, 0.25) is 0 Å². The molecule has 296 valence electrons. The lowest BCUT2D eigenvalue weighted by atomic mass is 9.85. The molecule has 13 rings (SSSR count). The van der Waals surface area contributed by atoms with Crippen LogP contribution in [0.5, 0.6) is 0 Å². The Balaban J connectivity index is 1.05. The van der Waals surface area contributed by atoms with E-state index in [4.69, 9.17) is 15.0 Å². The fourth-order valence-corrected chi connectivity index (χ4v) is 10.0. The van der Waals surface area contributed by atoms with E-state index in [2.05, 4.69) is 187 Å². The van der Waals surface area contributed by atoms with Gasteiger partial charge in [0.1, 0.15) is 0 Å². The lowest BCUT2D eigenvalue weighted by Crippen LogP contribution is -2.01. The van der Waals surface area contributed by atoms with Crippen molar-refractivity contribution in [2.24, 2.45) is 0 Å². The molecule has 0 fully saturated rings. The first-order chi connectivity index (χ1) is 31.7. The monoisotopic (exact) mass is 812 g/mol. The zero-order chi connectivity index (χ0) is 42.1. The van der Waals surface area contributed by atoms with E-state index in [0.29, 0.717) is 17.5 Å². The molecule has 4 nitrogen and oxygen atoms in total. The summed E-state index contributed by atoms with van der Waals surface area (Å²) in [4.78, 5) is 20.0. The van der Waals surface area contributed by atoms with Gasteiger partial charge in [-0.3, -0.25) is 4.98 Å². The predicted octanol–water partition coefficient (Wildman–Crippen LogP) is 15.6. The zero-order valence-corrected chi connectivity index (χ0v) is 34.6. The average molecular weight is 813 g/mol. The summed E-state index contributed by atoms with van der Waals surface area (Å²) in [5.41, 5.74) is 9.27. The Bertz CT molecular complexity index is 3950. The van der Waals surface area contributed by atoms with E-state index in [9.17, 15) is 0 Å². The third kappa shape index (κ3) is 5.77. The Morgan fingerprint density at radius 2 is 0.734 bits per heavy atom. The van der Waals surface area contributed by atoms with Crippen LogP contribution in [0.15, 0.2) is 219 Å². The first-order valence-corrected chi connectivity index (χ1v) is 21.7. The maximum Gasteiger partial charge on any atom is 0.164 e. The van der Waals surface area contributed by atoms with Crippen LogP contribution in [0, 0.1) is 0 Å². The molecular weight excluding hydrogens is 777 g/mol. The van der Waals surface area contributed by atoms with Crippen LogP contribution >= 0.6 is 0 Å². The van der Waals surface area contributed by atoms with E-state index in [0.717, 1.165) is 50.1 Å². The molecule has 11 aromatic carbocycles. The number of pyridine rings is 1. The third-order valence-electron chi connectivity index (χ3n) is 12.9. The molecule has 2 aromatic heterocycles. The van der Waals surface area contributed by atoms with Crippen molar-refractivity contribution in [1.82, 2.24) is 19.9 Å². The van der Waals surface area contributed by atoms with Crippen LogP contribution in [-0.2, 0) is 0 Å². The molecule has 0 radical (unpaired) electrons. The van der Waals surface area contributed by atoms with E-state index >= 15 is 0 Å². The van der Waals surface area contributed by atoms with Crippen molar-refractivity contribution < 1.29 is 0 Å². The van der Waals surface area contributed by atoms with Gasteiger partial charge in [-0.05, 0) is 117 Å². The quantitative estimate of drug-likeness (QED) is 0.157. The molecule has 2 heterocycles. The van der Waals surface area contributed by atoms with Gasteiger partial charge in [0.25, 0.3) is 0 Å². The molecule has 13 aromatic rings. The van der Waals surface area contributed by atoms with Gasteiger partial charge >= 0.3 is 0 Å². The first-order valence-electron chi connectivity index (χ1n) is 21.7. The van der Waals surface area contributed by atoms with Crippen molar-refractivity contribution in [3.05, 3.63) is 219 Å². The zero-order valence-electron chi connectivity index (χ0n) is 34.6. The molecule has 0 N–H and O–H groups in total. The Morgan fingerprint density at radius 3 is 1.39 bits per heavy atom. The molecule has 0 saturated heterocycles. The minimum Gasteiger partial charge on any atom is -0.264 e. The Kier molecular flexibility index (Phi) is 8.18. The summed E-state index contributed by atoms with van der Waals surface area (Å²) in [6, 6.07) is 74.1. The van der Waals surface area contributed by atoms with E-state index in [-0.39, 0.29) is 0 Å². The number of hydrogen-bond donors (Lipinski definition) is 0. The van der Waals surface area contributed by atoms with Crippen molar-refractivity contribution in [1.29, 1.82) is 0 Å². The van der Waals surface area contributed by atoms with Crippen molar-refractivity contribution in [3.63, 3.8) is 0 Å². The van der Waals surface area contributed by atoms with Crippen molar-refractivity contribution in [3.8, 4) is 67.5 Å². The number of hydrogen-bond acceptors (Lipinski definition) is 4. The molecule has 0 bridgehead atoms. The maximum absolute atomic E-state index is 5.27. The number of fused-ring (bicyclic) bond motifs is 2. The average Bonchev–Trinajstić information content (AvgIpc) is 3.37. The van der Waals surface area contributed by atoms with E-state index in [1.54, 1.807) is 6.20 Å². The maximum atomic E-state index is 5.27. The van der Waals surface area contributed by atoms with Gasteiger partial charge in [0.15, 0.2) is 17.5 Å². The largest absolute Gasteiger partial charge is 0.264 e. The molecule has 0 atom stereocenters. The van der Waals surface area contributed by atoms with Crippen molar-refractivity contribution in [2.75, 3.05) is 0 Å². The highest BCUT2D eigenvalue weighted by atomic mass is 15.0. The van der Waals surface area contributed by atoms with E-state index in [1.165, 1.54) is 64.6 Å². The normalized spacial score (nSPS) is 11.8. The van der Waals surface area contributed by atoms with Gasteiger partial charge in [-0.1, -0.05) is 182 Å². The fourth-order valence-electron chi connectivity index (χ4n) is 10.0. The minimum atomic E-state index is 0.607. The summed E-state index contributed by atoms with van der Waals surface area (Å²) in [5.74, 6) is 1.84. The molecule has 0 unspecified atom stereocenters. The van der Waals surface area contributed by atoms with Crippen LogP contribution in [0.3, 0.4) is 0 Å². The second kappa shape index (κ2) is 14.5. The standard InChI is InChI=1S/C60H36N4/c1-2-13-40(14-3-1)58-62-59(43-19-8-18-41(33-43)44-20-12-32-61-36-44)64-60(63-58)52-24-7-6-23-48(52)47-22-5-4-21-46(47)45-34-42-31-30-39-16-10-26-50-49-25-9-15-37-28-29-38-17-11-27-51(56(38)54(37)49)53(35-45)57(42)55(39)50/h1-36H. The highest BCUT2D eigenvalue weighted by Crippen LogP contribution is 2.46. The molecule has 0 aliphatic carbocycles. The topological polar surface area (TPSA) is 51.6 Å². The summed E-state index contributed by atoms with van der Waals surface area (Å²) in [6.45, 7) is 0. The minimum absolute atomic E-state index is 0.607. The highest BCUT2D eigenvalue weighted by molar-refractivity contribution is 6.37. The summed E-state index contributed by atoms with van der Waals surface area (Å²) >= 11 is 0. The van der Waals surface area contributed by atoms with Gasteiger partial charge in [0, 0.05) is 34.6 Å². The molecule has 0 aliphatic heterocycles. The molecule has 4 heteroatoms. The van der Waals surface area contributed by atoms with E-state index < -0.39 is 0 Å². The summed E-state index contributed by atoms with van der Waals surface area (Å²) in [5, 5.41) is 15.2. The van der Waals surface area contributed by atoms with Gasteiger partial charge in [-0.15, -0.1) is 0 Å². The first kappa shape index (κ1) is 36.1.